The number of benzene rings is 1. The molecule has 0 atom stereocenters. The molecule has 2 nitrogen and oxygen atoms in total. The molecule has 1 aromatic carbocycles. The average Bonchev–Trinajstić information content (AvgIpc) is 2.20. The highest BCUT2D eigenvalue weighted by Gasteiger charge is 2.13. The van der Waals surface area contributed by atoms with Crippen LogP contribution in [-0.2, 0) is 0 Å². The minimum atomic E-state index is -1.19. The molecule has 0 amide bonds. The Labute approximate surface area is 86.2 Å². The van der Waals surface area contributed by atoms with Crippen molar-refractivity contribution in [2.75, 3.05) is 6.61 Å². The van der Waals surface area contributed by atoms with Gasteiger partial charge in [0.25, 0.3) is 0 Å². The summed E-state index contributed by atoms with van der Waals surface area (Å²) in [6, 6.07) is 2.38. The summed E-state index contributed by atoms with van der Waals surface area (Å²) >= 11 is 0. The van der Waals surface area contributed by atoms with Gasteiger partial charge in [0.1, 0.15) is 6.61 Å². The lowest BCUT2D eigenvalue weighted by atomic mass is 10.2. The van der Waals surface area contributed by atoms with Crippen molar-refractivity contribution in [2.45, 2.75) is 6.92 Å². The van der Waals surface area contributed by atoms with Gasteiger partial charge in [-0.2, -0.15) is 4.39 Å². The third-order valence-electron chi connectivity index (χ3n) is 1.68. The van der Waals surface area contributed by atoms with Gasteiger partial charge in [-0.15, -0.1) is 0 Å². The van der Waals surface area contributed by atoms with Gasteiger partial charge >= 0.3 is 0 Å². The van der Waals surface area contributed by atoms with Gasteiger partial charge in [-0.05, 0) is 24.6 Å². The number of aldehydes is 1. The first-order chi connectivity index (χ1) is 7.06. The van der Waals surface area contributed by atoms with E-state index in [1.165, 1.54) is 12.1 Å². The first-order valence-corrected chi connectivity index (χ1v) is 4.26. The Kier molecular flexibility index (Phi) is 3.55. The number of carbonyl (C=O) groups is 1. The molecule has 0 aliphatic carbocycles. The summed E-state index contributed by atoms with van der Waals surface area (Å²) in [7, 11) is 0. The molecule has 0 heterocycles. The van der Waals surface area contributed by atoms with Crippen LogP contribution in [0.15, 0.2) is 24.3 Å². The Morgan fingerprint density at radius 3 is 2.67 bits per heavy atom. The van der Waals surface area contributed by atoms with Crippen molar-refractivity contribution in [3.8, 4) is 5.75 Å². The summed E-state index contributed by atoms with van der Waals surface area (Å²) in [5.41, 5.74) is 0.365. The van der Waals surface area contributed by atoms with Crippen LogP contribution in [0.1, 0.15) is 17.3 Å². The summed E-state index contributed by atoms with van der Waals surface area (Å²) < 4.78 is 31.2. The number of hydrogen-bond acceptors (Lipinski definition) is 2. The Bertz CT molecular complexity index is 400. The Balaban J connectivity index is 2.96. The lowest BCUT2D eigenvalue weighted by Gasteiger charge is -2.07. The monoisotopic (exact) mass is 212 g/mol. The van der Waals surface area contributed by atoms with E-state index in [4.69, 9.17) is 4.74 Å². The molecule has 0 radical (unpaired) electrons. The Hall–Kier alpha value is -1.71. The SMILES string of the molecule is C=C(C)COc1ccc(C=O)c(F)c1F. The van der Waals surface area contributed by atoms with Gasteiger partial charge in [-0.25, -0.2) is 4.39 Å². The average molecular weight is 212 g/mol. The number of ether oxygens (including phenoxy) is 1. The summed E-state index contributed by atoms with van der Waals surface area (Å²) in [4.78, 5) is 10.3. The predicted octanol–water partition coefficient (Wildman–Crippen LogP) is 2.73. The zero-order valence-electron chi connectivity index (χ0n) is 8.22. The van der Waals surface area contributed by atoms with Crippen LogP contribution < -0.4 is 4.74 Å². The van der Waals surface area contributed by atoms with Crippen molar-refractivity contribution in [1.82, 2.24) is 0 Å². The van der Waals surface area contributed by atoms with Crippen LogP contribution >= 0.6 is 0 Å². The minimum absolute atomic E-state index is 0.108. The van der Waals surface area contributed by atoms with E-state index >= 15 is 0 Å². The zero-order valence-corrected chi connectivity index (χ0v) is 8.22. The Morgan fingerprint density at radius 1 is 1.47 bits per heavy atom. The molecule has 0 spiro atoms. The molecule has 1 aromatic rings. The zero-order chi connectivity index (χ0) is 11.4. The molecular formula is C11H10F2O2. The molecule has 0 N–H and O–H groups in total. The molecule has 0 saturated carbocycles. The molecule has 0 unspecified atom stereocenters. The molecule has 4 heteroatoms. The van der Waals surface area contributed by atoms with E-state index in [9.17, 15) is 13.6 Å². The van der Waals surface area contributed by atoms with E-state index in [0.29, 0.717) is 5.57 Å². The second-order valence-electron chi connectivity index (χ2n) is 3.14. The molecule has 0 fully saturated rings. The van der Waals surface area contributed by atoms with Crippen LogP contribution in [0.3, 0.4) is 0 Å². The second kappa shape index (κ2) is 4.68. The summed E-state index contributed by atoms with van der Waals surface area (Å²) in [5, 5.41) is 0. The van der Waals surface area contributed by atoms with Crippen molar-refractivity contribution in [3.63, 3.8) is 0 Å². The molecule has 0 aliphatic rings. The van der Waals surface area contributed by atoms with Crippen LogP contribution in [0, 0.1) is 11.6 Å². The Morgan fingerprint density at radius 2 is 2.13 bits per heavy atom. The molecule has 80 valence electrons. The van der Waals surface area contributed by atoms with Gasteiger partial charge in [-0.1, -0.05) is 6.58 Å². The number of hydrogen-bond donors (Lipinski definition) is 0. The normalized spacial score (nSPS) is 9.80. The fourth-order valence-electron chi connectivity index (χ4n) is 0.950. The van der Waals surface area contributed by atoms with E-state index in [1.54, 1.807) is 6.92 Å². The third kappa shape index (κ3) is 2.62. The minimum Gasteiger partial charge on any atom is -0.486 e. The quantitative estimate of drug-likeness (QED) is 0.566. The third-order valence-corrected chi connectivity index (χ3v) is 1.68. The second-order valence-corrected chi connectivity index (χ2v) is 3.14. The van der Waals surface area contributed by atoms with Gasteiger partial charge in [0.05, 0.1) is 5.56 Å². The standard InChI is InChI=1S/C11H10F2O2/c1-7(2)6-15-9-4-3-8(5-14)10(12)11(9)13/h3-5H,1,6H2,2H3. The van der Waals surface area contributed by atoms with E-state index in [0.717, 1.165) is 0 Å². The molecule has 15 heavy (non-hydrogen) atoms. The molecule has 0 aromatic heterocycles. The molecule has 0 saturated heterocycles. The maximum atomic E-state index is 13.2. The highest BCUT2D eigenvalue weighted by atomic mass is 19.2. The van der Waals surface area contributed by atoms with E-state index in [2.05, 4.69) is 6.58 Å². The maximum Gasteiger partial charge on any atom is 0.201 e. The van der Waals surface area contributed by atoms with Crippen molar-refractivity contribution >= 4 is 6.29 Å². The molecular weight excluding hydrogens is 202 g/mol. The van der Waals surface area contributed by atoms with E-state index < -0.39 is 11.6 Å². The summed E-state index contributed by atoms with van der Waals surface area (Å²) in [6.07, 6.45) is 0.251. The van der Waals surface area contributed by atoms with Crippen molar-refractivity contribution in [3.05, 3.63) is 41.5 Å². The van der Waals surface area contributed by atoms with Crippen LogP contribution in [0.2, 0.25) is 0 Å². The highest BCUT2D eigenvalue weighted by molar-refractivity contribution is 5.75. The molecule has 0 bridgehead atoms. The van der Waals surface area contributed by atoms with Gasteiger partial charge in [0, 0.05) is 0 Å². The first-order valence-electron chi connectivity index (χ1n) is 4.26. The van der Waals surface area contributed by atoms with Crippen LogP contribution in [0.5, 0.6) is 5.75 Å². The summed E-state index contributed by atoms with van der Waals surface area (Å²) in [5.74, 6) is -2.56. The molecule has 1 rings (SSSR count). The van der Waals surface area contributed by atoms with Gasteiger partial charge in [0.2, 0.25) is 5.82 Å². The van der Waals surface area contributed by atoms with Crippen LogP contribution in [0.25, 0.3) is 0 Å². The van der Waals surface area contributed by atoms with Crippen molar-refractivity contribution in [1.29, 1.82) is 0 Å². The van der Waals surface area contributed by atoms with Gasteiger partial charge in [-0.3, -0.25) is 4.79 Å². The topological polar surface area (TPSA) is 26.3 Å². The number of rotatable bonds is 4. The number of carbonyl (C=O) groups excluding carboxylic acids is 1. The molecule has 0 aliphatic heterocycles. The van der Waals surface area contributed by atoms with Crippen molar-refractivity contribution in [2.24, 2.45) is 0 Å². The number of halogens is 2. The van der Waals surface area contributed by atoms with Crippen molar-refractivity contribution < 1.29 is 18.3 Å². The largest absolute Gasteiger partial charge is 0.486 e. The van der Waals surface area contributed by atoms with E-state index in [1.807, 2.05) is 0 Å². The van der Waals surface area contributed by atoms with Gasteiger partial charge in [0.15, 0.2) is 17.9 Å². The van der Waals surface area contributed by atoms with Gasteiger partial charge < -0.3 is 4.74 Å². The fourth-order valence-corrected chi connectivity index (χ4v) is 0.950. The fraction of sp³-hybridized carbons (Fsp3) is 0.182. The lowest BCUT2D eigenvalue weighted by molar-refractivity contribution is 0.111. The predicted molar refractivity (Wildman–Crippen MR) is 52.1 cm³/mol. The summed E-state index contributed by atoms with van der Waals surface area (Å²) in [6.45, 7) is 5.37. The smallest absolute Gasteiger partial charge is 0.201 e. The lowest BCUT2D eigenvalue weighted by Crippen LogP contribution is -2.02. The highest BCUT2D eigenvalue weighted by Crippen LogP contribution is 2.22. The van der Waals surface area contributed by atoms with E-state index in [-0.39, 0.29) is 24.2 Å². The van der Waals surface area contributed by atoms with Crippen LogP contribution in [0.4, 0.5) is 8.78 Å². The van der Waals surface area contributed by atoms with Crippen LogP contribution in [-0.4, -0.2) is 12.9 Å². The maximum absolute atomic E-state index is 13.2. The first kappa shape index (κ1) is 11.4.